The van der Waals surface area contributed by atoms with E-state index in [0.29, 0.717) is 44.2 Å². The number of benzene rings is 2. The molecule has 2 aromatic carbocycles. The number of nitrogens with zero attached hydrogens (tertiary/aromatic N) is 1. The fourth-order valence-electron chi connectivity index (χ4n) is 3.62. The Hall–Kier alpha value is -3.06. The van der Waals surface area contributed by atoms with Gasteiger partial charge in [-0.25, -0.2) is 0 Å². The largest absolute Gasteiger partial charge is 0.494 e. The van der Waals surface area contributed by atoms with Crippen molar-refractivity contribution in [2.24, 2.45) is 0 Å². The summed E-state index contributed by atoms with van der Waals surface area (Å²) in [6, 6.07) is 14.6. The molecule has 33 heavy (non-hydrogen) atoms. The van der Waals surface area contributed by atoms with Crippen LogP contribution in [-0.4, -0.2) is 56.2 Å². The summed E-state index contributed by atoms with van der Waals surface area (Å²) >= 11 is 0. The van der Waals surface area contributed by atoms with Crippen molar-refractivity contribution in [1.82, 2.24) is 4.90 Å². The van der Waals surface area contributed by atoms with Gasteiger partial charge >= 0.3 is 0 Å². The number of amides is 2. The molecule has 7 nitrogen and oxygen atoms in total. The number of ether oxygens (including phenoxy) is 2. The molecule has 0 aliphatic carbocycles. The number of hydrogen-bond donors (Lipinski definition) is 2. The molecule has 7 heteroatoms. The Balaban J connectivity index is 1.40. The van der Waals surface area contributed by atoms with Crippen LogP contribution in [0.5, 0.6) is 5.75 Å². The zero-order valence-electron chi connectivity index (χ0n) is 19.5. The first kappa shape index (κ1) is 24.6. The van der Waals surface area contributed by atoms with Crippen molar-refractivity contribution < 1.29 is 19.1 Å². The van der Waals surface area contributed by atoms with Gasteiger partial charge in [-0.2, -0.15) is 0 Å². The van der Waals surface area contributed by atoms with Gasteiger partial charge < -0.3 is 25.0 Å². The van der Waals surface area contributed by atoms with E-state index in [4.69, 9.17) is 9.47 Å². The molecule has 0 atom stereocenters. The summed E-state index contributed by atoms with van der Waals surface area (Å²) < 4.78 is 11.1. The third kappa shape index (κ3) is 8.42. The molecule has 178 valence electrons. The number of unbranched alkanes of at least 4 members (excludes halogenated alkanes) is 4. The van der Waals surface area contributed by atoms with Gasteiger partial charge in [0.25, 0.3) is 5.91 Å². The van der Waals surface area contributed by atoms with Gasteiger partial charge in [-0.3, -0.25) is 9.59 Å². The van der Waals surface area contributed by atoms with Crippen LogP contribution in [0.3, 0.4) is 0 Å². The van der Waals surface area contributed by atoms with Gasteiger partial charge in [-0.15, -0.1) is 0 Å². The zero-order chi connectivity index (χ0) is 23.3. The van der Waals surface area contributed by atoms with Crippen LogP contribution < -0.4 is 15.4 Å². The highest BCUT2D eigenvalue weighted by Gasteiger charge is 2.18. The minimum absolute atomic E-state index is 0.0131. The van der Waals surface area contributed by atoms with Crippen molar-refractivity contribution in [3.63, 3.8) is 0 Å². The van der Waals surface area contributed by atoms with Crippen molar-refractivity contribution in [3.8, 4) is 5.75 Å². The number of carbonyl (C=O) groups is 2. The third-order valence-electron chi connectivity index (χ3n) is 5.52. The third-order valence-corrected chi connectivity index (χ3v) is 5.52. The second-order valence-electron chi connectivity index (χ2n) is 8.17. The van der Waals surface area contributed by atoms with E-state index in [1.54, 1.807) is 29.2 Å². The number of nitrogens with one attached hydrogen (secondary N) is 2. The molecule has 1 aliphatic rings. The molecule has 2 aromatic rings. The number of hydrogen-bond acceptors (Lipinski definition) is 5. The topological polar surface area (TPSA) is 79.9 Å². The minimum Gasteiger partial charge on any atom is -0.494 e. The molecule has 3 rings (SSSR count). The van der Waals surface area contributed by atoms with Gasteiger partial charge in [0.15, 0.2) is 0 Å². The van der Waals surface area contributed by atoms with Crippen molar-refractivity contribution >= 4 is 23.2 Å². The van der Waals surface area contributed by atoms with E-state index in [1.807, 2.05) is 24.3 Å². The van der Waals surface area contributed by atoms with Crippen LogP contribution in [0.2, 0.25) is 0 Å². The fraction of sp³-hybridized carbons (Fsp3) is 0.462. The molecule has 0 saturated carbocycles. The van der Waals surface area contributed by atoms with Crippen molar-refractivity contribution in [3.05, 3.63) is 54.1 Å². The second-order valence-corrected chi connectivity index (χ2v) is 8.17. The second kappa shape index (κ2) is 13.5. The molecule has 0 unspecified atom stereocenters. The van der Waals surface area contributed by atoms with Gasteiger partial charge in [-0.05, 0) is 42.8 Å². The molecule has 1 saturated heterocycles. The Morgan fingerprint density at radius 1 is 0.970 bits per heavy atom. The SMILES string of the molecule is CCCCCCCOc1cccc(NCC(=O)Nc2ccc(C(=O)N3CCOCC3)cc2)c1. The standard InChI is InChI=1S/C26H35N3O4/c1-2-3-4-5-6-16-33-24-9-7-8-23(19-24)27-20-25(30)28-22-12-10-21(11-13-22)26(31)29-14-17-32-18-15-29/h7-13,19,27H,2-6,14-18,20H2,1H3,(H,28,30). The van der Waals surface area contributed by atoms with Crippen LogP contribution >= 0.6 is 0 Å². The molecule has 2 N–H and O–H groups in total. The predicted octanol–water partition coefficient (Wildman–Crippen LogP) is 4.56. The van der Waals surface area contributed by atoms with Crippen LogP contribution in [0.4, 0.5) is 11.4 Å². The first-order valence-corrected chi connectivity index (χ1v) is 11.9. The molecular weight excluding hydrogens is 418 g/mol. The molecule has 0 aromatic heterocycles. The van der Waals surface area contributed by atoms with E-state index in [0.717, 1.165) is 17.9 Å². The first-order chi connectivity index (χ1) is 16.2. The Bertz CT molecular complexity index is 879. The van der Waals surface area contributed by atoms with Crippen molar-refractivity contribution in [1.29, 1.82) is 0 Å². The van der Waals surface area contributed by atoms with Gasteiger partial charge in [0, 0.05) is 36.1 Å². The maximum atomic E-state index is 12.5. The van der Waals surface area contributed by atoms with E-state index in [-0.39, 0.29) is 18.4 Å². The van der Waals surface area contributed by atoms with E-state index in [1.165, 1.54) is 25.7 Å². The van der Waals surface area contributed by atoms with Crippen LogP contribution in [0.1, 0.15) is 49.4 Å². The van der Waals surface area contributed by atoms with E-state index < -0.39 is 0 Å². The van der Waals surface area contributed by atoms with Gasteiger partial charge in [-0.1, -0.05) is 38.7 Å². The van der Waals surface area contributed by atoms with E-state index in [9.17, 15) is 9.59 Å². The smallest absolute Gasteiger partial charge is 0.254 e. The first-order valence-electron chi connectivity index (χ1n) is 11.9. The monoisotopic (exact) mass is 453 g/mol. The van der Waals surface area contributed by atoms with E-state index >= 15 is 0 Å². The summed E-state index contributed by atoms with van der Waals surface area (Å²) in [6.07, 6.45) is 6.01. The molecule has 1 heterocycles. The molecule has 1 fully saturated rings. The van der Waals surface area contributed by atoms with E-state index in [2.05, 4.69) is 17.6 Å². The number of morpholine rings is 1. The summed E-state index contributed by atoms with van der Waals surface area (Å²) in [6.45, 7) is 5.40. The highest BCUT2D eigenvalue weighted by atomic mass is 16.5. The Morgan fingerprint density at radius 2 is 1.73 bits per heavy atom. The van der Waals surface area contributed by atoms with Crippen molar-refractivity contribution in [2.45, 2.75) is 39.0 Å². The summed E-state index contributed by atoms with van der Waals surface area (Å²) in [7, 11) is 0. The lowest BCUT2D eigenvalue weighted by atomic mass is 10.1. The van der Waals surface area contributed by atoms with Crippen LogP contribution in [0.15, 0.2) is 48.5 Å². The average molecular weight is 454 g/mol. The van der Waals surface area contributed by atoms with Gasteiger partial charge in [0.1, 0.15) is 5.75 Å². The van der Waals surface area contributed by atoms with Gasteiger partial charge in [0.05, 0.1) is 26.4 Å². The Kier molecular flexibility index (Phi) is 10.0. The number of anilines is 2. The maximum Gasteiger partial charge on any atom is 0.254 e. The highest BCUT2D eigenvalue weighted by molar-refractivity contribution is 5.96. The van der Waals surface area contributed by atoms with Crippen LogP contribution in [-0.2, 0) is 9.53 Å². The van der Waals surface area contributed by atoms with Crippen molar-refractivity contribution in [2.75, 3.05) is 50.1 Å². The number of carbonyl (C=O) groups excluding carboxylic acids is 2. The maximum absolute atomic E-state index is 12.5. The molecule has 0 radical (unpaired) electrons. The summed E-state index contributed by atoms with van der Waals surface area (Å²) in [5.41, 5.74) is 2.09. The highest BCUT2D eigenvalue weighted by Crippen LogP contribution is 2.18. The number of rotatable bonds is 12. The van der Waals surface area contributed by atoms with Crippen LogP contribution in [0, 0.1) is 0 Å². The zero-order valence-corrected chi connectivity index (χ0v) is 19.5. The molecule has 0 spiro atoms. The quantitative estimate of drug-likeness (QED) is 0.461. The lowest BCUT2D eigenvalue weighted by molar-refractivity contribution is -0.114. The lowest BCUT2D eigenvalue weighted by Gasteiger charge is -2.26. The van der Waals surface area contributed by atoms with Gasteiger partial charge in [0.2, 0.25) is 5.91 Å². The normalized spacial score (nSPS) is 13.4. The average Bonchev–Trinajstić information content (AvgIpc) is 2.86. The Morgan fingerprint density at radius 3 is 2.48 bits per heavy atom. The Labute approximate surface area is 196 Å². The molecule has 0 bridgehead atoms. The molecular formula is C26H35N3O4. The fourth-order valence-corrected chi connectivity index (χ4v) is 3.62. The van der Waals surface area contributed by atoms with Crippen LogP contribution in [0.25, 0.3) is 0 Å². The summed E-state index contributed by atoms with van der Waals surface area (Å²) in [5.74, 6) is 0.627. The minimum atomic E-state index is -0.162. The summed E-state index contributed by atoms with van der Waals surface area (Å²) in [5, 5.41) is 5.98. The molecule has 2 amide bonds. The lowest BCUT2D eigenvalue weighted by Crippen LogP contribution is -2.40. The molecule has 1 aliphatic heterocycles. The summed E-state index contributed by atoms with van der Waals surface area (Å²) in [4.78, 5) is 26.6. The predicted molar refractivity (Wildman–Crippen MR) is 131 cm³/mol.